The molecule has 0 amide bonds. The quantitative estimate of drug-likeness (QED) is 0.153. The van der Waals surface area contributed by atoms with E-state index in [1.54, 1.807) is 0 Å². The molecule has 8 N–H and O–H groups in total. The van der Waals surface area contributed by atoms with Crippen LogP contribution in [0.25, 0.3) is 11.1 Å². The van der Waals surface area contributed by atoms with Crippen LogP contribution in [0.2, 0.25) is 0 Å². The number of hydrogen-bond donors (Lipinski definition) is 4. The monoisotopic (exact) mass is 562 g/mol. The average molecular weight is 563 g/mol. The maximum atomic E-state index is 6.66. The molecule has 6 heteroatoms. The normalized spacial score (nSPS) is 12.7. The lowest BCUT2D eigenvalue weighted by Gasteiger charge is -2.34. The van der Waals surface area contributed by atoms with Crippen molar-refractivity contribution >= 4 is 22.7 Å². The molecule has 0 saturated carbocycles. The van der Waals surface area contributed by atoms with Crippen molar-refractivity contribution in [2.75, 3.05) is 22.9 Å². The molecule has 0 atom stereocenters. The van der Waals surface area contributed by atoms with Crippen molar-refractivity contribution in [1.82, 2.24) is 0 Å². The Morgan fingerprint density at radius 1 is 0.372 bits per heavy atom. The minimum absolute atomic E-state index is 0.576. The zero-order valence-corrected chi connectivity index (χ0v) is 23.3. The fourth-order valence-corrected chi connectivity index (χ4v) is 6.20. The first-order chi connectivity index (χ1) is 21.0. The summed E-state index contributed by atoms with van der Waals surface area (Å²) in [6.45, 7) is 0. The molecule has 43 heavy (non-hydrogen) atoms. The Bertz CT molecular complexity index is 1820. The van der Waals surface area contributed by atoms with Gasteiger partial charge in [-0.2, -0.15) is 0 Å². The minimum Gasteiger partial charge on any atom is -0.455 e. The predicted octanol–water partition coefficient (Wildman–Crippen LogP) is 7.96. The first kappa shape index (κ1) is 26.0. The molecular formula is C37H30N4O2. The van der Waals surface area contributed by atoms with Gasteiger partial charge < -0.3 is 32.4 Å². The van der Waals surface area contributed by atoms with E-state index < -0.39 is 5.41 Å². The zero-order chi connectivity index (χ0) is 29.6. The number of rotatable bonds is 6. The number of benzene rings is 6. The first-order valence-corrected chi connectivity index (χ1v) is 14.0. The minimum atomic E-state index is -0.704. The summed E-state index contributed by atoms with van der Waals surface area (Å²) in [4.78, 5) is 0. The third kappa shape index (κ3) is 4.19. The van der Waals surface area contributed by atoms with Gasteiger partial charge in [0.05, 0.1) is 16.8 Å². The lowest BCUT2D eigenvalue weighted by atomic mass is 9.67. The van der Waals surface area contributed by atoms with E-state index in [2.05, 4.69) is 36.4 Å². The van der Waals surface area contributed by atoms with Gasteiger partial charge in [-0.05, 0) is 82.9 Å². The van der Waals surface area contributed by atoms with Crippen LogP contribution >= 0.6 is 0 Å². The van der Waals surface area contributed by atoms with Crippen molar-refractivity contribution in [3.8, 4) is 34.1 Å². The van der Waals surface area contributed by atoms with Gasteiger partial charge in [-0.1, -0.05) is 72.8 Å². The number of hydrogen-bond acceptors (Lipinski definition) is 6. The summed E-state index contributed by atoms with van der Waals surface area (Å²) in [6.07, 6.45) is 0. The topological polar surface area (TPSA) is 123 Å². The molecule has 7 rings (SSSR count). The van der Waals surface area contributed by atoms with Crippen LogP contribution in [-0.4, -0.2) is 0 Å². The van der Waals surface area contributed by atoms with E-state index in [0.717, 1.165) is 33.4 Å². The average Bonchev–Trinajstić information content (AvgIpc) is 3.34. The molecule has 1 aliphatic carbocycles. The third-order valence-electron chi connectivity index (χ3n) is 8.12. The van der Waals surface area contributed by atoms with Crippen LogP contribution in [0.1, 0.15) is 22.3 Å². The molecule has 1 aliphatic rings. The van der Waals surface area contributed by atoms with E-state index in [-0.39, 0.29) is 0 Å². The molecule has 0 bridgehead atoms. The Morgan fingerprint density at radius 3 is 1.14 bits per heavy atom. The molecule has 210 valence electrons. The van der Waals surface area contributed by atoms with Gasteiger partial charge >= 0.3 is 0 Å². The Kier molecular flexibility index (Phi) is 6.17. The smallest absolute Gasteiger partial charge is 0.150 e. The van der Waals surface area contributed by atoms with Crippen LogP contribution in [0.3, 0.4) is 0 Å². The maximum absolute atomic E-state index is 6.66. The summed E-state index contributed by atoms with van der Waals surface area (Å²) in [5.74, 6) is 2.58. The van der Waals surface area contributed by atoms with Gasteiger partial charge in [0.15, 0.2) is 0 Å². The molecule has 0 aromatic heterocycles. The summed E-state index contributed by atoms with van der Waals surface area (Å²) < 4.78 is 12.3. The van der Waals surface area contributed by atoms with Gasteiger partial charge in [-0.25, -0.2) is 0 Å². The van der Waals surface area contributed by atoms with Crippen molar-refractivity contribution in [3.63, 3.8) is 0 Å². The summed E-state index contributed by atoms with van der Waals surface area (Å²) >= 11 is 0. The highest BCUT2D eigenvalue weighted by Gasteiger charge is 2.47. The standard InChI is InChI=1S/C37H30N4O2/c38-29-9-1-3-13-33(29)42-25-19-15-23(16-20-25)37(24-17-21-26(22-18-24)43-34-14-4-2-10-30(34)39)27-7-5-11-31(40)35(27)36-28(37)8-6-12-32(36)41/h1-22H,38-41H2. The van der Waals surface area contributed by atoms with E-state index in [0.29, 0.717) is 45.7 Å². The Labute approximate surface area is 250 Å². The Hall–Kier alpha value is -5.88. The van der Waals surface area contributed by atoms with Crippen LogP contribution in [0, 0.1) is 0 Å². The molecule has 0 radical (unpaired) electrons. The second-order valence-electron chi connectivity index (χ2n) is 10.6. The number of ether oxygens (including phenoxy) is 2. The van der Waals surface area contributed by atoms with Crippen LogP contribution < -0.4 is 32.4 Å². The fourth-order valence-electron chi connectivity index (χ4n) is 6.20. The Morgan fingerprint density at radius 2 is 0.744 bits per heavy atom. The van der Waals surface area contributed by atoms with Crippen molar-refractivity contribution in [2.24, 2.45) is 0 Å². The van der Waals surface area contributed by atoms with Gasteiger partial charge in [0.2, 0.25) is 0 Å². The highest BCUT2D eigenvalue weighted by Crippen LogP contribution is 2.59. The van der Waals surface area contributed by atoms with Crippen molar-refractivity contribution in [1.29, 1.82) is 0 Å². The number of anilines is 4. The highest BCUT2D eigenvalue weighted by molar-refractivity contribution is 5.97. The second-order valence-corrected chi connectivity index (χ2v) is 10.6. The molecule has 0 aliphatic heterocycles. The van der Waals surface area contributed by atoms with Crippen molar-refractivity contribution < 1.29 is 9.47 Å². The SMILES string of the molecule is Nc1ccccc1Oc1ccc(C2(c3ccc(Oc4ccccc4N)cc3)c3cccc(N)c3-c3c(N)cccc32)cc1. The zero-order valence-electron chi connectivity index (χ0n) is 23.3. The summed E-state index contributed by atoms with van der Waals surface area (Å²) in [5, 5.41) is 0. The summed E-state index contributed by atoms with van der Waals surface area (Å²) in [6, 6.07) is 43.3. The van der Waals surface area contributed by atoms with Crippen molar-refractivity contribution in [3.05, 3.63) is 156 Å². The molecule has 6 aromatic carbocycles. The van der Waals surface area contributed by atoms with Gasteiger partial charge in [0.1, 0.15) is 23.0 Å². The van der Waals surface area contributed by atoms with Crippen molar-refractivity contribution in [2.45, 2.75) is 5.41 Å². The molecule has 0 spiro atoms. The number of nitrogens with two attached hydrogens (primary N) is 4. The van der Waals surface area contributed by atoms with Crippen LogP contribution in [0.5, 0.6) is 23.0 Å². The lowest BCUT2D eigenvalue weighted by molar-refractivity contribution is 0.484. The van der Waals surface area contributed by atoms with E-state index >= 15 is 0 Å². The highest BCUT2D eigenvalue weighted by atomic mass is 16.5. The third-order valence-corrected chi connectivity index (χ3v) is 8.12. The van der Waals surface area contributed by atoms with Crippen LogP contribution in [-0.2, 0) is 5.41 Å². The summed E-state index contributed by atoms with van der Waals surface area (Å²) in [5.41, 5.74) is 33.5. The van der Waals surface area contributed by atoms with E-state index in [4.69, 9.17) is 32.4 Å². The van der Waals surface area contributed by atoms with Crippen LogP contribution in [0.4, 0.5) is 22.7 Å². The van der Waals surface area contributed by atoms with E-state index in [1.165, 1.54) is 0 Å². The predicted molar refractivity (Wildman–Crippen MR) is 174 cm³/mol. The number of nitrogen functional groups attached to an aromatic ring is 4. The fraction of sp³-hybridized carbons (Fsp3) is 0.0270. The van der Waals surface area contributed by atoms with Gasteiger partial charge in [0, 0.05) is 22.5 Å². The molecule has 0 fully saturated rings. The Balaban J connectivity index is 1.40. The van der Waals surface area contributed by atoms with E-state index in [1.807, 2.05) is 97.1 Å². The van der Waals surface area contributed by atoms with Gasteiger partial charge in [-0.15, -0.1) is 0 Å². The number of para-hydroxylation sites is 4. The largest absolute Gasteiger partial charge is 0.455 e. The molecule has 6 nitrogen and oxygen atoms in total. The van der Waals surface area contributed by atoms with Gasteiger partial charge in [0.25, 0.3) is 0 Å². The molecule has 0 unspecified atom stereocenters. The van der Waals surface area contributed by atoms with E-state index in [9.17, 15) is 0 Å². The molecule has 6 aromatic rings. The van der Waals surface area contributed by atoms with Crippen LogP contribution in [0.15, 0.2) is 133 Å². The molecule has 0 saturated heterocycles. The molecule has 0 heterocycles. The molecular weight excluding hydrogens is 532 g/mol. The maximum Gasteiger partial charge on any atom is 0.150 e. The summed E-state index contributed by atoms with van der Waals surface area (Å²) in [7, 11) is 0. The number of fused-ring (bicyclic) bond motifs is 3. The first-order valence-electron chi connectivity index (χ1n) is 14.0. The van der Waals surface area contributed by atoms with Gasteiger partial charge in [-0.3, -0.25) is 0 Å². The lowest BCUT2D eigenvalue weighted by Crippen LogP contribution is -2.28. The second kappa shape index (κ2) is 10.2.